The molecule has 0 bridgehead atoms. The molecule has 3 rings (SSSR count). The summed E-state index contributed by atoms with van der Waals surface area (Å²) in [5, 5.41) is 9.50. The van der Waals surface area contributed by atoms with Gasteiger partial charge in [-0.15, -0.1) is 11.3 Å². The Balaban J connectivity index is 1.91. The van der Waals surface area contributed by atoms with Crippen LogP contribution in [0.15, 0.2) is 11.1 Å². The number of nitrogens with zero attached hydrogens (tertiary/aromatic N) is 2. The van der Waals surface area contributed by atoms with Crippen LogP contribution in [0.1, 0.15) is 28.1 Å². The highest BCUT2D eigenvalue weighted by Gasteiger charge is 2.29. The molecule has 6 nitrogen and oxygen atoms in total. The predicted molar refractivity (Wildman–Crippen MR) is 80.7 cm³/mol. The lowest BCUT2D eigenvalue weighted by Crippen LogP contribution is -2.28. The minimum atomic E-state index is -0.202. The molecule has 0 spiro atoms. The first-order valence-corrected chi connectivity index (χ1v) is 7.80. The van der Waals surface area contributed by atoms with Gasteiger partial charge in [0, 0.05) is 19.7 Å². The second-order valence-electron chi connectivity index (χ2n) is 5.39. The number of likely N-dealkylation sites (tertiary alicyclic amines) is 1. The van der Waals surface area contributed by atoms with Crippen LogP contribution in [0, 0.1) is 12.8 Å². The molecule has 2 aromatic heterocycles. The zero-order chi connectivity index (χ0) is 15.0. The van der Waals surface area contributed by atoms with Crippen LogP contribution in [0.3, 0.4) is 0 Å². The Bertz CT molecular complexity index is 737. The summed E-state index contributed by atoms with van der Waals surface area (Å²) >= 11 is 1.28. The Morgan fingerprint density at radius 3 is 3.14 bits per heavy atom. The van der Waals surface area contributed by atoms with Crippen LogP contribution in [-0.2, 0) is 0 Å². The summed E-state index contributed by atoms with van der Waals surface area (Å²) in [6, 6.07) is 0. The summed E-state index contributed by atoms with van der Waals surface area (Å²) in [5.74, 6) is 0.338. The second-order valence-corrected chi connectivity index (χ2v) is 6.39. The number of aromatic amines is 1. The minimum Gasteiger partial charge on any atom is -0.396 e. The number of aliphatic hydroxyl groups excluding tert-OH is 1. The number of H-pyrrole nitrogens is 1. The molecule has 1 amide bonds. The Morgan fingerprint density at radius 2 is 2.43 bits per heavy atom. The number of aliphatic hydroxyl groups is 1. The minimum absolute atomic E-state index is 0.0321. The van der Waals surface area contributed by atoms with Gasteiger partial charge in [0.25, 0.3) is 11.5 Å². The quantitative estimate of drug-likeness (QED) is 0.890. The number of aromatic nitrogens is 2. The van der Waals surface area contributed by atoms with Crippen LogP contribution in [0.25, 0.3) is 10.2 Å². The van der Waals surface area contributed by atoms with E-state index in [9.17, 15) is 9.59 Å². The molecule has 2 N–H and O–H groups in total. The smallest absolute Gasteiger partial charge is 0.264 e. The average Bonchev–Trinajstić information content (AvgIpc) is 3.05. The van der Waals surface area contributed by atoms with Crippen molar-refractivity contribution in [2.75, 3.05) is 19.7 Å². The van der Waals surface area contributed by atoms with Gasteiger partial charge in [0.05, 0.1) is 16.6 Å². The fourth-order valence-corrected chi connectivity index (χ4v) is 3.98. The Labute approximate surface area is 125 Å². The molecule has 1 aliphatic rings. The zero-order valence-corrected chi connectivity index (χ0v) is 12.6. The number of hydrogen-bond donors (Lipinski definition) is 2. The summed E-state index contributed by atoms with van der Waals surface area (Å²) < 4.78 is 0. The number of carbonyl (C=O) groups is 1. The lowest BCUT2D eigenvalue weighted by atomic mass is 10.1. The first-order chi connectivity index (χ1) is 10.1. The van der Waals surface area contributed by atoms with E-state index in [0.29, 0.717) is 39.7 Å². The highest BCUT2D eigenvalue weighted by atomic mass is 32.1. The van der Waals surface area contributed by atoms with Gasteiger partial charge in [0.1, 0.15) is 4.83 Å². The van der Waals surface area contributed by atoms with Crippen LogP contribution in [0.5, 0.6) is 0 Å². The highest BCUT2D eigenvalue weighted by Crippen LogP contribution is 2.29. The molecule has 1 aliphatic heterocycles. The van der Waals surface area contributed by atoms with E-state index in [1.807, 2.05) is 4.90 Å². The summed E-state index contributed by atoms with van der Waals surface area (Å²) in [6.45, 7) is 3.34. The van der Waals surface area contributed by atoms with Crippen molar-refractivity contribution in [2.45, 2.75) is 19.8 Å². The van der Waals surface area contributed by atoms with Crippen LogP contribution in [0.2, 0.25) is 0 Å². The summed E-state index contributed by atoms with van der Waals surface area (Å²) in [7, 11) is 0. The first kappa shape index (κ1) is 14.2. The van der Waals surface area contributed by atoms with E-state index in [2.05, 4.69) is 9.97 Å². The highest BCUT2D eigenvalue weighted by molar-refractivity contribution is 7.20. The number of aryl methyl sites for hydroxylation is 1. The van der Waals surface area contributed by atoms with E-state index in [1.165, 1.54) is 17.7 Å². The van der Waals surface area contributed by atoms with Gasteiger partial charge in [-0.25, -0.2) is 4.98 Å². The normalized spacial score (nSPS) is 18.6. The van der Waals surface area contributed by atoms with Crippen molar-refractivity contribution in [3.8, 4) is 0 Å². The third-order valence-corrected chi connectivity index (χ3v) is 5.23. The van der Waals surface area contributed by atoms with Gasteiger partial charge in [-0.05, 0) is 31.2 Å². The molecular formula is C14H17N3O3S. The van der Waals surface area contributed by atoms with Crippen molar-refractivity contribution in [3.63, 3.8) is 0 Å². The molecule has 112 valence electrons. The molecule has 21 heavy (non-hydrogen) atoms. The van der Waals surface area contributed by atoms with E-state index in [4.69, 9.17) is 5.11 Å². The van der Waals surface area contributed by atoms with Gasteiger partial charge in [0.15, 0.2) is 0 Å². The van der Waals surface area contributed by atoms with Crippen molar-refractivity contribution >= 4 is 27.5 Å². The zero-order valence-electron chi connectivity index (χ0n) is 11.8. The molecular weight excluding hydrogens is 290 g/mol. The molecule has 7 heteroatoms. The number of fused-ring (bicyclic) bond motifs is 1. The fraction of sp³-hybridized carbons (Fsp3) is 0.500. The predicted octanol–water partition coefficient (Wildman–Crippen LogP) is 1.14. The van der Waals surface area contributed by atoms with Crippen molar-refractivity contribution in [1.29, 1.82) is 0 Å². The van der Waals surface area contributed by atoms with E-state index < -0.39 is 0 Å². The fourth-order valence-electron chi connectivity index (χ4n) is 2.86. The molecule has 1 fully saturated rings. The SMILES string of the molecule is Cc1c(C(=O)N2CCC(CCO)C2)sc2nc[nH]c(=O)c12. The Hall–Kier alpha value is -1.73. The average molecular weight is 307 g/mol. The van der Waals surface area contributed by atoms with Gasteiger partial charge in [0.2, 0.25) is 0 Å². The Kier molecular flexibility index (Phi) is 3.77. The van der Waals surface area contributed by atoms with E-state index in [-0.39, 0.29) is 18.1 Å². The molecule has 1 atom stereocenters. The lowest BCUT2D eigenvalue weighted by molar-refractivity contribution is 0.0789. The summed E-state index contributed by atoms with van der Waals surface area (Å²) in [4.78, 5) is 34.2. The molecule has 0 radical (unpaired) electrons. The van der Waals surface area contributed by atoms with Crippen molar-refractivity contribution in [2.24, 2.45) is 5.92 Å². The number of nitrogens with one attached hydrogen (secondary N) is 1. The molecule has 2 aromatic rings. The number of hydrogen-bond acceptors (Lipinski definition) is 5. The van der Waals surface area contributed by atoms with Crippen molar-refractivity contribution in [1.82, 2.24) is 14.9 Å². The monoisotopic (exact) mass is 307 g/mol. The number of thiophene rings is 1. The molecule has 0 saturated carbocycles. The molecule has 0 aliphatic carbocycles. The number of amides is 1. The van der Waals surface area contributed by atoms with Gasteiger partial charge in [-0.1, -0.05) is 0 Å². The topological polar surface area (TPSA) is 86.3 Å². The van der Waals surface area contributed by atoms with Crippen molar-refractivity contribution in [3.05, 3.63) is 27.1 Å². The number of rotatable bonds is 3. The lowest BCUT2D eigenvalue weighted by Gasteiger charge is -2.15. The van der Waals surface area contributed by atoms with Gasteiger partial charge in [-0.2, -0.15) is 0 Å². The number of carbonyl (C=O) groups excluding carboxylic acids is 1. The molecule has 0 aromatic carbocycles. The van der Waals surface area contributed by atoms with E-state index in [1.54, 1.807) is 6.92 Å². The van der Waals surface area contributed by atoms with Crippen molar-refractivity contribution < 1.29 is 9.90 Å². The standard InChI is InChI=1S/C14H17N3O3S/c1-8-10-12(19)15-7-16-13(10)21-11(8)14(20)17-4-2-9(6-17)3-5-18/h7,9,18H,2-6H2,1H3,(H,15,16,19). The third kappa shape index (κ3) is 2.47. The van der Waals surface area contributed by atoms with E-state index in [0.717, 1.165) is 12.8 Å². The van der Waals surface area contributed by atoms with Gasteiger partial charge < -0.3 is 15.0 Å². The maximum absolute atomic E-state index is 12.6. The van der Waals surface area contributed by atoms with Crippen LogP contribution >= 0.6 is 11.3 Å². The maximum atomic E-state index is 12.6. The summed E-state index contributed by atoms with van der Waals surface area (Å²) in [5.41, 5.74) is 0.507. The molecule has 1 saturated heterocycles. The Morgan fingerprint density at radius 1 is 1.62 bits per heavy atom. The van der Waals surface area contributed by atoms with Gasteiger partial charge in [-0.3, -0.25) is 9.59 Å². The third-order valence-electron chi connectivity index (χ3n) is 4.04. The molecule has 3 heterocycles. The maximum Gasteiger partial charge on any atom is 0.264 e. The van der Waals surface area contributed by atoms with Crippen LogP contribution in [-0.4, -0.2) is 45.6 Å². The van der Waals surface area contributed by atoms with Crippen LogP contribution in [0.4, 0.5) is 0 Å². The largest absolute Gasteiger partial charge is 0.396 e. The molecule has 1 unspecified atom stereocenters. The second kappa shape index (κ2) is 5.57. The van der Waals surface area contributed by atoms with Gasteiger partial charge >= 0.3 is 0 Å². The summed E-state index contributed by atoms with van der Waals surface area (Å²) in [6.07, 6.45) is 3.02. The van der Waals surface area contributed by atoms with E-state index >= 15 is 0 Å². The van der Waals surface area contributed by atoms with Crippen LogP contribution < -0.4 is 5.56 Å². The first-order valence-electron chi connectivity index (χ1n) is 6.98.